The van der Waals surface area contributed by atoms with Gasteiger partial charge in [-0.25, -0.2) is 13.2 Å². The average Bonchev–Trinajstić information content (AvgIpc) is 2.28. The number of carboxylic acid groups (broad SMARTS) is 1. The van der Waals surface area contributed by atoms with Gasteiger partial charge in [0.1, 0.15) is 0 Å². The molecule has 6 heteroatoms. The van der Waals surface area contributed by atoms with Crippen LogP contribution in [0.3, 0.4) is 0 Å². The molecule has 0 amide bonds. The molecular weight excluding hydrogens is 254 g/mol. The number of aromatic carboxylic acids is 1. The third-order valence-corrected chi connectivity index (χ3v) is 4.79. The van der Waals surface area contributed by atoms with Crippen molar-refractivity contribution in [2.75, 3.05) is 16.8 Å². The van der Waals surface area contributed by atoms with Gasteiger partial charge < -0.3 is 10.4 Å². The molecule has 1 unspecified atom stereocenters. The Balaban J connectivity index is 2.03. The SMILES string of the molecule is O=C(O)c1ccc(NC2CCCS(=O)(=O)C2)cc1. The second kappa shape index (κ2) is 4.97. The topological polar surface area (TPSA) is 83.5 Å². The van der Waals surface area contributed by atoms with Crippen LogP contribution in [-0.2, 0) is 9.84 Å². The Morgan fingerprint density at radius 1 is 1.28 bits per heavy atom. The van der Waals surface area contributed by atoms with Crippen LogP contribution in [0.2, 0.25) is 0 Å². The minimum atomic E-state index is -2.93. The predicted molar refractivity (Wildman–Crippen MR) is 68.7 cm³/mol. The molecule has 5 nitrogen and oxygen atoms in total. The molecule has 0 saturated carbocycles. The van der Waals surface area contributed by atoms with Crippen LogP contribution in [0, 0.1) is 0 Å². The lowest BCUT2D eigenvalue weighted by atomic mass is 10.1. The Labute approximate surface area is 106 Å². The van der Waals surface area contributed by atoms with Crippen molar-refractivity contribution in [3.05, 3.63) is 29.8 Å². The summed E-state index contributed by atoms with van der Waals surface area (Å²) in [5, 5.41) is 11.9. The predicted octanol–water partition coefficient (Wildman–Crippen LogP) is 1.37. The minimum absolute atomic E-state index is 0.0839. The smallest absolute Gasteiger partial charge is 0.335 e. The maximum absolute atomic E-state index is 11.5. The molecule has 0 bridgehead atoms. The molecule has 2 N–H and O–H groups in total. The number of carbonyl (C=O) groups is 1. The Bertz CT molecular complexity index is 536. The number of nitrogens with one attached hydrogen (secondary N) is 1. The largest absolute Gasteiger partial charge is 0.478 e. The molecule has 0 radical (unpaired) electrons. The van der Waals surface area contributed by atoms with Crippen LogP contribution in [-0.4, -0.2) is 37.0 Å². The first-order valence-electron chi connectivity index (χ1n) is 5.76. The zero-order chi connectivity index (χ0) is 13.2. The Kier molecular flexibility index (Phi) is 3.56. The lowest BCUT2D eigenvalue weighted by Crippen LogP contribution is -2.34. The third-order valence-electron chi connectivity index (χ3n) is 2.97. The molecule has 98 valence electrons. The molecule has 0 spiro atoms. The highest BCUT2D eigenvalue weighted by atomic mass is 32.2. The van der Waals surface area contributed by atoms with Gasteiger partial charge in [0.25, 0.3) is 0 Å². The molecule has 1 aliphatic heterocycles. The Morgan fingerprint density at radius 3 is 2.50 bits per heavy atom. The van der Waals surface area contributed by atoms with Crippen LogP contribution in [0.5, 0.6) is 0 Å². The quantitative estimate of drug-likeness (QED) is 0.866. The van der Waals surface area contributed by atoms with Gasteiger partial charge >= 0.3 is 5.97 Å². The van der Waals surface area contributed by atoms with Crippen molar-refractivity contribution in [3.8, 4) is 0 Å². The first-order valence-corrected chi connectivity index (χ1v) is 7.59. The average molecular weight is 269 g/mol. The number of hydrogen-bond donors (Lipinski definition) is 2. The molecule has 1 fully saturated rings. The maximum atomic E-state index is 11.5. The van der Waals surface area contributed by atoms with E-state index in [1.807, 2.05) is 0 Å². The molecule has 1 heterocycles. The van der Waals surface area contributed by atoms with Gasteiger partial charge in [-0.05, 0) is 37.1 Å². The third kappa shape index (κ3) is 3.22. The monoisotopic (exact) mass is 269 g/mol. The van der Waals surface area contributed by atoms with E-state index in [1.54, 1.807) is 12.1 Å². The molecule has 0 aromatic heterocycles. The zero-order valence-electron chi connectivity index (χ0n) is 9.80. The molecule has 2 rings (SSSR count). The first kappa shape index (κ1) is 12.9. The van der Waals surface area contributed by atoms with Gasteiger partial charge in [0.2, 0.25) is 0 Å². The minimum Gasteiger partial charge on any atom is -0.478 e. The van der Waals surface area contributed by atoms with Crippen molar-refractivity contribution in [3.63, 3.8) is 0 Å². The highest BCUT2D eigenvalue weighted by molar-refractivity contribution is 7.91. The van der Waals surface area contributed by atoms with E-state index in [-0.39, 0.29) is 23.1 Å². The fourth-order valence-corrected chi connectivity index (χ4v) is 3.72. The van der Waals surface area contributed by atoms with E-state index in [1.165, 1.54) is 12.1 Å². The van der Waals surface area contributed by atoms with Crippen molar-refractivity contribution in [2.45, 2.75) is 18.9 Å². The fraction of sp³-hybridized carbons (Fsp3) is 0.417. The van der Waals surface area contributed by atoms with Gasteiger partial charge in [-0.2, -0.15) is 0 Å². The van der Waals surface area contributed by atoms with Crippen LogP contribution in [0.4, 0.5) is 5.69 Å². The molecule has 1 saturated heterocycles. The number of hydrogen-bond acceptors (Lipinski definition) is 4. The van der Waals surface area contributed by atoms with E-state index in [2.05, 4.69) is 5.32 Å². The maximum Gasteiger partial charge on any atom is 0.335 e. The standard InChI is InChI=1S/C12H15NO4S/c14-12(15)9-3-5-10(6-4-9)13-11-2-1-7-18(16,17)8-11/h3-6,11,13H,1-2,7-8H2,(H,14,15). The van der Waals surface area contributed by atoms with Gasteiger partial charge in [0, 0.05) is 11.7 Å². The fourth-order valence-electron chi connectivity index (χ4n) is 2.08. The Hall–Kier alpha value is -1.56. The van der Waals surface area contributed by atoms with Crippen molar-refractivity contribution in [1.82, 2.24) is 0 Å². The number of benzene rings is 1. The lowest BCUT2D eigenvalue weighted by molar-refractivity contribution is 0.0697. The number of rotatable bonds is 3. The Morgan fingerprint density at radius 2 is 1.94 bits per heavy atom. The van der Waals surface area contributed by atoms with E-state index in [4.69, 9.17) is 5.11 Å². The van der Waals surface area contributed by atoms with Crippen LogP contribution >= 0.6 is 0 Å². The van der Waals surface area contributed by atoms with Crippen LogP contribution in [0.15, 0.2) is 24.3 Å². The summed E-state index contributed by atoms with van der Waals surface area (Å²) in [5.74, 6) is -0.557. The van der Waals surface area contributed by atoms with Crippen LogP contribution in [0.1, 0.15) is 23.2 Å². The summed E-state index contributed by atoms with van der Waals surface area (Å²) in [6.45, 7) is 0. The van der Waals surface area contributed by atoms with Gasteiger partial charge in [0.15, 0.2) is 9.84 Å². The van der Waals surface area contributed by atoms with Crippen molar-refractivity contribution < 1.29 is 18.3 Å². The molecule has 0 aliphatic carbocycles. The van der Waals surface area contributed by atoms with E-state index in [0.29, 0.717) is 6.42 Å². The van der Waals surface area contributed by atoms with Gasteiger partial charge in [0.05, 0.1) is 17.1 Å². The van der Waals surface area contributed by atoms with E-state index < -0.39 is 15.8 Å². The summed E-state index contributed by atoms with van der Waals surface area (Å²) in [6.07, 6.45) is 1.49. The second-order valence-corrected chi connectivity index (χ2v) is 6.71. The molecule has 1 aromatic carbocycles. The van der Waals surface area contributed by atoms with E-state index >= 15 is 0 Å². The van der Waals surface area contributed by atoms with Crippen molar-refractivity contribution in [2.24, 2.45) is 0 Å². The molecule has 1 aliphatic rings. The summed E-state index contributed by atoms with van der Waals surface area (Å²) in [6, 6.07) is 6.23. The molecule has 18 heavy (non-hydrogen) atoms. The van der Waals surface area contributed by atoms with E-state index in [0.717, 1.165) is 12.1 Å². The number of sulfone groups is 1. The van der Waals surface area contributed by atoms with Crippen molar-refractivity contribution >= 4 is 21.5 Å². The second-order valence-electron chi connectivity index (χ2n) is 4.48. The summed E-state index contributed by atoms with van der Waals surface area (Å²) in [7, 11) is -2.93. The number of carboxylic acids is 1. The summed E-state index contributed by atoms with van der Waals surface area (Å²) in [4.78, 5) is 10.7. The molecular formula is C12H15NO4S. The zero-order valence-corrected chi connectivity index (χ0v) is 10.6. The summed E-state index contributed by atoms with van der Waals surface area (Å²) < 4.78 is 23.0. The first-order chi connectivity index (χ1) is 8.46. The molecule has 1 atom stereocenters. The lowest BCUT2D eigenvalue weighted by Gasteiger charge is -2.24. The van der Waals surface area contributed by atoms with Gasteiger partial charge in [-0.15, -0.1) is 0 Å². The molecule has 1 aromatic rings. The van der Waals surface area contributed by atoms with Gasteiger partial charge in [-0.3, -0.25) is 0 Å². The number of anilines is 1. The highest BCUT2D eigenvalue weighted by Crippen LogP contribution is 2.18. The van der Waals surface area contributed by atoms with Crippen LogP contribution in [0.25, 0.3) is 0 Å². The summed E-state index contributed by atoms with van der Waals surface area (Å²) in [5.41, 5.74) is 0.971. The van der Waals surface area contributed by atoms with Gasteiger partial charge in [-0.1, -0.05) is 0 Å². The normalized spacial score (nSPS) is 22.3. The highest BCUT2D eigenvalue weighted by Gasteiger charge is 2.24. The van der Waals surface area contributed by atoms with Crippen molar-refractivity contribution in [1.29, 1.82) is 0 Å². The van der Waals surface area contributed by atoms with E-state index in [9.17, 15) is 13.2 Å². The van der Waals surface area contributed by atoms with Crippen LogP contribution < -0.4 is 5.32 Å². The summed E-state index contributed by atoms with van der Waals surface area (Å²) >= 11 is 0.